The number of nitrogens with zero attached hydrogens (tertiary/aromatic N) is 3. The number of carbonyl (C=O) groups is 2. The first kappa shape index (κ1) is 21.7. The van der Waals surface area contributed by atoms with Crippen molar-refractivity contribution < 1.29 is 24.3 Å². The Morgan fingerprint density at radius 2 is 1.64 bits per heavy atom. The van der Waals surface area contributed by atoms with Crippen molar-refractivity contribution >= 4 is 11.9 Å². The Balaban J connectivity index is 1.64. The molecule has 166 valence electrons. The molecular formula is C24H20N4O5. The van der Waals surface area contributed by atoms with Gasteiger partial charge in [0.05, 0.1) is 6.04 Å². The van der Waals surface area contributed by atoms with Gasteiger partial charge in [-0.1, -0.05) is 72.7 Å². The highest BCUT2D eigenvalue weighted by Crippen LogP contribution is 2.27. The van der Waals surface area contributed by atoms with Crippen LogP contribution < -0.4 is 5.32 Å². The Bertz CT molecular complexity index is 1250. The van der Waals surface area contributed by atoms with Crippen LogP contribution in [0.25, 0.3) is 11.5 Å². The molecule has 0 atom stereocenters. The Morgan fingerprint density at radius 1 is 1.03 bits per heavy atom. The largest absolute Gasteiger partial charge is 0.493 e. The molecule has 9 heteroatoms. The van der Waals surface area contributed by atoms with Crippen LogP contribution in [0.5, 0.6) is 5.88 Å². The number of nitrogens with one attached hydrogen (secondary N) is 1. The maximum absolute atomic E-state index is 13.0. The summed E-state index contributed by atoms with van der Waals surface area (Å²) in [6, 6.07) is 18.4. The Hall–Kier alpha value is -4.53. The van der Waals surface area contributed by atoms with Crippen molar-refractivity contribution in [3.8, 4) is 17.4 Å². The van der Waals surface area contributed by atoms with E-state index >= 15 is 0 Å². The van der Waals surface area contributed by atoms with Crippen LogP contribution in [0.1, 0.15) is 50.6 Å². The predicted molar refractivity (Wildman–Crippen MR) is 118 cm³/mol. The number of aromatic carboxylic acids is 1. The van der Waals surface area contributed by atoms with E-state index in [9.17, 15) is 19.8 Å². The fourth-order valence-corrected chi connectivity index (χ4v) is 3.49. The number of carboxylic acid groups (broad SMARTS) is 1. The molecule has 2 heterocycles. The minimum absolute atomic E-state index is 0.0418. The van der Waals surface area contributed by atoms with E-state index in [2.05, 4.69) is 20.4 Å². The minimum Gasteiger partial charge on any atom is -0.493 e. The molecule has 0 spiro atoms. The summed E-state index contributed by atoms with van der Waals surface area (Å²) < 4.78 is 4.88. The molecule has 0 saturated carbocycles. The topological polar surface area (TPSA) is 138 Å². The maximum atomic E-state index is 13.0. The maximum Gasteiger partial charge on any atom is 0.375 e. The average molecular weight is 444 g/mol. The van der Waals surface area contributed by atoms with Crippen LogP contribution in [0.3, 0.4) is 0 Å². The van der Waals surface area contributed by atoms with E-state index in [0.29, 0.717) is 12.0 Å². The quantitative estimate of drug-likeness (QED) is 0.393. The highest BCUT2D eigenvalue weighted by Gasteiger charge is 2.25. The van der Waals surface area contributed by atoms with Crippen molar-refractivity contribution in [2.75, 3.05) is 0 Å². The Kier molecular flexibility index (Phi) is 6.12. The molecule has 0 bridgehead atoms. The summed E-state index contributed by atoms with van der Waals surface area (Å²) in [7, 11) is 0. The van der Waals surface area contributed by atoms with E-state index in [0.717, 1.165) is 11.1 Å². The van der Waals surface area contributed by atoms with Gasteiger partial charge in [0.15, 0.2) is 11.5 Å². The van der Waals surface area contributed by atoms with Crippen molar-refractivity contribution in [1.29, 1.82) is 0 Å². The van der Waals surface area contributed by atoms with Gasteiger partial charge in [-0.05, 0) is 17.5 Å². The molecule has 0 fully saturated rings. The summed E-state index contributed by atoms with van der Waals surface area (Å²) in [5.74, 6) is -2.75. The first-order chi connectivity index (χ1) is 16.0. The smallest absolute Gasteiger partial charge is 0.375 e. The van der Waals surface area contributed by atoms with Crippen molar-refractivity contribution in [2.24, 2.45) is 0 Å². The van der Waals surface area contributed by atoms with Gasteiger partial charge in [-0.15, -0.1) is 0 Å². The molecule has 0 aliphatic heterocycles. The standard InChI is InChI=1S/C24H20N4O5/c1-2-16-19(28-33-20(16)24(31)32)21-25-13-17(23(30)27-21)22(29)26-18(14-9-5-3-6-10-14)15-11-7-4-8-12-15/h3-13,18H,2H2,1H3,(H,26,29)(H,31,32)(H,25,27,30). The average Bonchev–Trinajstić information content (AvgIpc) is 3.28. The summed E-state index contributed by atoms with van der Waals surface area (Å²) in [5, 5.41) is 26.3. The van der Waals surface area contributed by atoms with Crippen molar-refractivity contribution in [3.05, 3.63) is 94.9 Å². The third-order valence-electron chi connectivity index (χ3n) is 5.10. The number of aromatic nitrogens is 3. The molecule has 9 nitrogen and oxygen atoms in total. The second-order valence-corrected chi connectivity index (χ2v) is 7.16. The molecule has 0 aliphatic rings. The number of rotatable bonds is 7. The fraction of sp³-hybridized carbons (Fsp3) is 0.125. The second kappa shape index (κ2) is 9.31. The zero-order chi connectivity index (χ0) is 23.4. The highest BCUT2D eigenvalue weighted by atomic mass is 16.5. The molecule has 0 unspecified atom stereocenters. The summed E-state index contributed by atoms with van der Waals surface area (Å²) in [6.45, 7) is 1.73. The zero-order valence-corrected chi connectivity index (χ0v) is 17.6. The molecule has 1 amide bonds. The molecular weight excluding hydrogens is 424 g/mol. The van der Waals surface area contributed by atoms with E-state index in [1.54, 1.807) is 6.92 Å². The predicted octanol–water partition coefficient (Wildman–Crippen LogP) is 3.62. The molecule has 4 aromatic rings. The van der Waals surface area contributed by atoms with Gasteiger partial charge in [-0.3, -0.25) is 4.79 Å². The van der Waals surface area contributed by atoms with Crippen LogP contribution >= 0.6 is 0 Å². The Labute approximate surface area is 188 Å². The highest BCUT2D eigenvalue weighted by molar-refractivity contribution is 5.96. The first-order valence-electron chi connectivity index (χ1n) is 10.2. The summed E-state index contributed by atoms with van der Waals surface area (Å²) >= 11 is 0. The van der Waals surface area contributed by atoms with Crippen LogP contribution in [0, 0.1) is 0 Å². The fourth-order valence-electron chi connectivity index (χ4n) is 3.49. The lowest BCUT2D eigenvalue weighted by Gasteiger charge is -2.20. The number of carboxylic acids is 1. The number of hydrogen-bond acceptors (Lipinski definition) is 7. The number of amides is 1. The molecule has 3 N–H and O–H groups in total. The second-order valence-electron chi connectivity index (χ2n) is 7.16. The number of benzene rings is 2. The molecule has 0 aliphatic carbocycles. The molecule has 2 aromatic heterocycles. The van der Waals surface area contributed by atoms with Crippen LogP contribution in [-0.4, -0.2) is 37.2 Å². The summed E-state index contributed by atoms with van der Waals surface area (Å²) in [5.41, 5.74) is 2.00. The summed E-state index contributed by atoms with van der Waals surface area (Å²) in [4.78, 5) is 32.4. The normalized spacial score (nSPS) is 10.8. The van der Waals surface area contributed by atoms with Gasteiger partial charge in [0, 0.05) is 11.8 Å². The number of carbonyl (C=O) groups excluding carboxylic acids is 1. The van der Waals surface area contributed by atoms with Crippen molar-refractivity contribution in [2.45, 2.75) is 19.4 Å². The first-order valence-corrected chi connectivity index (χ1v) is 10.2. The monoisotopic (exact) mass is 444 g/mol. The Morgan fingerprint density at radius 3 is 2.15 bits per heavy atom. The third kappa shape index (κ3) is 4.42. The van der Waals surface area contributed by atoms with Gasteiger partial charge in [-0.2, -0.15) is 4.98 Å². The van der Waals surface area contributed by atoms with Gasteiger partial charge in [-0.25, -0.2) is 9.78 Å². The molecule has 2 aromatic carbocycles. The molecule has 33 heavy (non-hydrogen) atoms. The zero-order valence-electron chi connectivity index (χ0n) is 17.6. The molecule has 4 rings (SSSR count). The lowest BCUT2D eigenvalue weighted by Crippen LogP contribution is -2.29. The van der Waals surface area contributed by atoms with E-state index in [4.69, 9.17) is 4.52 Å². The number of hydrogen-bond donors (Lipinski definition) is 3. The van der Waals surface area contributed by atoms with Crippen molar-refractivity contribution in [1.82, 2.24) is 20.4 Å². The van der Waals surface area contributed by atoms with Gasteiger partial charge < -0.3 is 20.1 Å². The van der Waals surface area contributed by atoms with Gasteiger partial charge >= 0.3 is 5.97 Å². The van der Waals surface area contributed by atoms with E-state index in [-0.39, 0.29) is 22.8 Å². The van der Waals surface area contributed by atoms with Gasteiger partial charge in [0.25, 0.3) is 5.91 Å². The summed E-state index contributed by atoms with van der Waals surface area (Å²) in [6.07, 6.45) is 1.48. The molecule has 0 saturated heterocycles. The third-order valence-corrected chi connectivity index (χ3v) is 5.10. The van der Waals surface area contributed by atoms with Gasteiger partial charge in [0.2, 0.25) is 11.6 Å². The van der Waals surface area contributed by atoms with Crippen LogP contribution in [-0.2, 0) is 6.42 Å². The van der Waals surface area contributed by atoms with Gasteiger partial charge in [0.1, 0.15) is 5.56 Å². The van der Waals surface area contributed by atoms with Crippen molar-refractivity contribution in [3.63, 3.8) is 0 Å². The minimum atomic E-state index is -1.27. The van der Waals surface area contributed by atoms with Crippen LogP contribution in [0.4, 0.5) is 0 Å². The van der Waals surface area contributed by atoms with E-state index in [1.807, 2.05) is 60.7 Å². The molecule has 0 radical (unpaired) electrons. The van der Waals surface area contributed by atoms with E-state index in [1.165, 1.54) is 6.20 Å². The van der Waals surface area contributed by atoms with E-state index < -0.39 is 23.8 Å². The number of aromatic hydroxyl groups is 1. The van der Waals surface area contributed by atoms with Crippen LogP contribution in [0.15, 0.2) is 71.4 Å². The van der Waals surface area contributed by atoms with Crippen LogP contribution in [0.2, 0.25) is 0 Å². The lowest BCUT2D eigenvalue weighted by molar-refractivity contribution is 0.0650. The SMILES string of the molecule is CCc1c(-c2ncc(C(=O)NC(c3ccccc3)c3ccccc3)c(O)n2)noc1C(=O)O. The lowest BCUT2D eigenvalue weighted by atomic mass is 9.98.